The van der Waals surface area contributed by atoms with Crippen LogP contribution in [0.4, 0.5) is 13.2 Å². The molecule has 2 atom stereocenters. The highest BCUT2D eigenvalue weighted by molar-refractivity contribution is 9.10. The Morgan fingerprint density at radius 2 is 2.06 bits per heavy atom. The molecule has 0 radical (unpaired) electrons. The predicted octanol–water partition coefficient (Wildman–Crippen LogP) is 3.23. The number of hydrogen-bond donors (Lipinski definition) is 1. The van der Waals surface area contributed by atoms with Gasteiger partial charge in [-0.15, -0.1) is 0 Å². The summed E-state index contributed by atoms with van der Waals surface area (Å²) in [6.07, 6.45) is -3.75. The quantitative estimate of drug-likeness (QED) is 0.909. The topological polar surface area (TPSA) is 29.1 Å². The van der Waals surface area contributed by atoms with Crippen molar-refractivity contribution in [3.8, 4) is 0 Å². The standard InChI is InChI=1S/C12H11BrF3NO/c13-10-4-2-1-3-7(10)8-5-9(8)11(18)17-6-12(14,15)16/h1-4,8-9H,5-6H2,(H,17,18)/t8-,9-/m0/s1. The number of carbonyl (C=O) groups is 1. The molecule has 0 bridgehead atoms. The van der Waals surface area contributed by atoms with Gasteiger partial charge in [-0.25, -0.2) is 0 Å². The SMILES string of the molecule is O=C(NCC(F)(F)F)[C@H]1C[C@H]1c1ccccc1Br. The fraction of sp³-hybridized carbons (Fsp3) is 0.417. The monoisotopic (exact) mass is 321 g/mol. The van der Waals surface area contributed by atoms with Crippen molar-refractivity contribution in [1.82, 2.24) is 5.32 Å². The van der Waals surface area contributed by atoms with Crippen LogP contribution in [-0.2, 0) is 4.79 Å². The average molecular weight is 322 g/mol. The number of carbonyl (C=O) groups excluding carboxylic acids is 1. The van der Waals surface area contributed by atoms with Crippen molar-refractivity contribution in [2.75, 3.05) is 6.54 Å². The zero-order valence-corrected chi connectivity index (χ0v) is 10.9. The van der Waals surface area contributed by atoms with Crippen LogP contribution in [-0.4, -0.2) is 18.6 Å². The van der Waals surface area contributed by atoms with Gasteiger partial charge in [-0.1, -0.05) is 34.1 Å². The first-order chi connectivity index (χ1) is 8.38. The van der Waals surface area contributed by atoms with Gasteiger partial charge in [-0.05, 0) is 24.0 Å². The highest BCUT2D eigenvalue weighted by Crippen LogP contribution is 2.49. The van der Waals surface area contributed by atoms with Crippen molar-refractivity contribution < 1.29 is 18.0 Å². The van der Waals surface area contributed by atoms with E-state index in [0.717, 1.165) is 10.0 Å². The molecule has 1 aliphatic rings. The Bertz CT molecular complexity index is 461. The molecule has 1 amide bonds. The maximum absolute atomic E-state index is 12.0. The lowest BCUT2D eigenvalue weighted by molar-refractivity contribution is -0.139. The Labute approximate surface area is 111 Å². The highest BCUT2D eigenvalue weighted by Gasteiger charge is 2.45. The summed E-state index contributed by atoms with van der Waals surface area (Å²) in [6, 6.07) is 7.45. The third kappa shape index (κ3) is 3.25. The van der Waals surface area contributed by atoms with Crippen LogP contribution in [0, 0.1) is 5.92 Å². The Balaban J connectivity index is 1.92. The molecule has 0 spiro atoms. The average Bonchev–Trinajstić information content (AvgIpc) is 3.05. The molecule has 0 aliphatic heterocycles. The summed E-state index contributed by atoms with van der Waals surface area (Å²) in [5, 5.41) is 1.92. The van der Waals surface area contributed by atoms with Crippen LogP contribution in [0.2, 0.25) is 0 Å². The molecule has 1 fully saturated rings. The molecule has 98 valence electrons. The first-order valence-corrected chi connectivity index (χ1v) is 6.26. The zero-order valence-electron chi connectivity index (χ0n) is 9.30. The van der Waals surface area contributed by atoms with Crippen LogP contribution in [0.15, 0.2) is 28.7 Å². The van der Waals surface area contributed by atoms with E-state index in [2.05, 4.69) is 15.9 Å². The predicted molar refractivity (Wildman–Crippen MR) is 64.1 cm³/mol. The highest BCUT2D eigenvalue weighted by atomic mass is 79.9. The minimum atomic E-state index is -4.35. The van der Waals surface area contributed by atoms with E-state index in [1.807, 2.05) is 29.6 Å². The zero-order chi connectivity index (χ0) is 13.3. The van der Waals surface area contributed by atoms with Crippen molar-refractivity contribution >= 4 is 21.8 Å². The van der Waals surface area contributed by atoms with Gasteiger partial charge in [0, 0.05) is 10.4 Å². The van der Waals surface area contributed by atoms with Gasteiger partial charge in [0.25, 0.3) is 0 Å². The van der Waals surface area contributed by atoms with Crippen LogP contribution < -0.4 is 5.32 Å². The van der Waals surface area contributed by atoms with Crippen molar-refractivity contribution in [3.63, 3.8) is 0 Å². The fourth-order valence-electron chi connectivity index (χ4n) is 1.92. The van der Waals surface area contributed by atoms with Gasteiger partial charge in [0.05, 0.1) is 0 Å². The first-order valence-electron chi connectivity index (χ1n) is 5.47. The van der Waals surface area contributed by atoms with Crippen LogP contribution in [0.1, 0.15) is 17.9 Å². The van der Waals surface area contributed by atoms with Crippen molar-refractivity contribution in [2.24, 2.45) is 5.92 Å². The maximum Gasteiger partial charge on any atom is 0.405 e. The molecule has 1 aromatic rings. The Morgan fingerprint density at radius 3 is 2.67 bits per heavy atom. The van der Waals surface area contributed by atoms with E-state index >= 15 is 0 Å². The summed E-state index contributed by atoms with van der Waals surface area (Å²) >= 11 is 3.37. The Hall–Kier alpha value is -1.04. The van der Waals surface area contributed by atoms with E-state index in [1.54, 1.807) is 0 Å². The van der Waals surface area contributed by atoms with Gasteiger partial charge in [0.1, 0.15) is 6.54 Å². The summed E-state index contributed by atoms with van der Waals surface area (Å²) in [5.41, 5.74) is 0.977. The van der Waals surface area contributed by atoms with Crippen LogP contribution in [0.25, 0.3) is 0 Å². The summed E-state index contributed by atoms with van der Waals surface area (Å²) in [7, 11) is 0. The second kappa shape index (κ2) is 4.91. The van der Waals surface area contributed by atoms with Crippen molar-refractivity contribution in [1.29, 1.82) is 0 Å². The molecule has 1 N–H and O–H groups in total. The van der Waals surface area contributed by atoms with Gasteiger partial charge < -0.3 is 5.32 Å². The maximum atomic E-state index is 12.0. The van der Waals surface area contributed by atoms with Crippen molar-refractivity contribution in [2.45, 2.75) is 18.5 Å². The number of benzene rings is 1. The summed E-state index contributed by atoms with van der Waals surface area (Å²) in [5.74, 6) is -0.840. The number of amides is 1. The normalized spacial score (nSPS) is 22.7. The van der Waals surface area contributed by atoms with Gasteiger partial charge in [-0.2, -0.15) is 13.2 Å². The van der Waals surface area contributed by atoms with E-state index < -0.39 is 18.6 Å². The smallest absolute Gasteiger partial charge is 0.347 e. The molecular weight excluding hydrogens is 311 g/mol. The van der Waals surface area contributed by atoms with Gasteiger partial charge >= 0.3 is 6.18 Å². The number of nitrogens with one attached hydrogen (secondary N) is 1. The van der Waals surface area contributed by atoms with Crippen molar-refractivity contribution in [3.05, 3.63) is 34.3 Å². The summed E-state index contributed by atoms with van der Waals surface area (Å²) in [4.78, 5) is 11.5. The third-order valence-corrected chi connectivity index (χ3v) is 3.62. The number of hydrogen-bond acceptors (Lipinski definition) is 1. The molecule has 2 nitrogen and oxygen atoms in total. The fourth-order valence-corrected chi connectivity index (χ4v) is 2.50. The third-order valence-electron chi connectivity index (χ3n) is 2.89. The van der Waals surface area contributed by atoms with Crippen LogP contribution >= 0.6 is 15.9 Å². The van der Waals surface area contributed by atoms with E-state index in [9.17, 15) is 18.0 Å². The summed E-state index contributed by atoms with van der Waals surface area (Å²) < 4.78 is 36.8. The first kappa shape index (κ1) is 13.4. The second-order valence-corrected chi connectivity index (χ2v) is 5.16. The minimum Gasteiger partial charge on any atom is -0.347 e. The number of alkyl halides is 3. The minimum absolute atomic E-state index is 0.0220. The Kier molecular flexibility index (Phi) is 3.66. The molecule has 1 saturated carbocycles. The lowest BCUT2D eigenvalue weighted by atomic mass is 10.1. The van der Waals surface area contributed by atoms with E-state index in [1.165, 1.54) is 0 Å². The lowest BCUT2D eigenvalue weighted by Crippen LogP contribution is -2.34. The molecule has 2 rings (SSSR count). The number of rotatable bonds is 3. The molecule has 1 aromatic carbocycles. The molecular formula is C12H11BrF3NO. The second-order valence-electron chi connectivity index (χ2n) is 4.30. The van der Waals surface area contributed by atoms with Crippen LogP contribution in [0.5, 0.6) is 0 Å². The van der Waals surface area contributed by atoms with Gasteiger partial charge in [0.2, 0.25) is 5.91 Å². The van der Waals surface area contributed by atoms with E-state index in [-0.39, 0.29) is 11.8 Å². The molecule has 0 unspecified atom stereocenters. The molecule has 0 heterocycles. The van der Waals surface area contributed by atoms with Gasteiger partial charge in [0.15, 0.2) is 0 Å². The molecule has 1 aliphatic carbocycles. The Morgan fingerprint density at radius 1 is 1.39 bits per heavy atom. The largest absolute Gasteiger partial charge is 0.405 e. The summed E-state index contributed by atoms with van der Waals surface area (Å²) in [6.45, 7) is -1.26. The molecule has 18 heavy (non-hydrogen) atoms. The molecule has 6 heteroatoms. The van der Waals surface area contributed by atoms with Crippen LogP contribution in [0.3, 0.4) is 0 Å². The lowest BCUT2D eigenvalue weighted by Gasteiger charge is -2.08. The number of halogens is 4. The molecule has 0 saturated heterocycles. The van der Waals surface area contributed by atoms with E-state index in [4.69, 9.17) is 0 Å². The van der Waals surface area contributed by atoms with Gasteiger partial charge in [-0.3, -0.25) is 4.79 Å². The van der Waals surface area contributed by atoms with E-state index in [0.29, 0.717) is 6.42 Å². The molecule has 0 aromatic heterocycles.